The Bertz CT molecular complexity index is 208. The third-order valence-corrected chi connectivity index (χ3v) is 2.65. The van der Waals surface area contributed by atoms with Crippen molar-refractivity contribution in [2.45, 2.75) is 39.2 Å². The molecule has 4 nitrogen and oxygen atoms in total. The number of carbonyl (C=O) groups is 1. The molecule has 0 N–H and O–H groups in total. The topological polar surface area (TPSA) is 38.8 Å². The molecule has 0 aromatic rings. The van der Waals surface area contributed by atoms with E-state index in [1.807, 2.05) is 6.92 Å². The zero-order valence-electron chi connectivity index (χ0n) is 10.4. The highest BCUT2D eigenvalue weighted by Crippen LogP contribution is 2.05. The van der Waals surface area contributed by atoms with Gasteiger partial charge in [0.2, 0.25) is 0 Å². The van der Waals surface area contributed by atoms with Crippen LogP contribution in [0, 0.1) is 0 Å². The molecule has 1 aliphatic rings. The van der Waals surface area contributed by atoms with E-state index in [9.17, 15) is 4.79 Å². The van der Waals surface area contributed by atoms with Crippen molar-refractivity contribution in [1.82, 2.24) is 4.90 Å². The highest BCUT2D eigenvalue weighted by Gasteiger charge is 2.17. The highest BCUT2D eigenvalue weighted by molar-refractivity contribution is 5.71. The minimum atomic E-state index is -0.109. The summed E-state index contributed by atoms with van der Waals surface area (Å²) < 4.78 is 10.7. The number of unbranched alkanes of at least 4 members (excludes halogenated alkanes) is 1. The molecule has 0 aliphatic carbocycles. The Morgan fingerprint density at radius 3 is 3.12 bits per heavy atom. The summed E-state index contributed by atoms with van der Waals surface area (Å²) in [6, 6.07) is 0. The summed E-state index contributed by atoms with van der Waals surface area (Å²) in [4.78, 5) is 13.6. The minimum Gasteiger partial charge on any atom is -0.465 e. The van der Waals surface area contributed by atoms with E-state index >= 15 is 0 Å². The maximum atomic E-state index is 11.5. The average molecular weight is 229 g/mol. The van der Waals surface area contributed by atoms with Crippen molar-refractivity contribution in [3.63, 3.8) is 0 Å². The van der Waals surface area contributed by atoms with Gasteiger partial charge in [0.25, 0.3) is 0 Å². The van der Waals surface area contributed by atoms with Crippen LogP contribution < -0.4 is 0 Å². The van der Waals surface area contributed by atoms with Gasteiger partial charge in [-0.05, 0) is 19.8 Å². The standard InChI is InChI=1S/C12H23NO3/c1-3-4-7-16-12(14)10-13-6-5-8-15-11(2)9-13/h11H,3-10H2,1-2H3. The van der Waals surface area contributed by atoms with Crippen molar-refractivity contribution in [3.05, 3.63) is 0 Å². The number of esters is 1. The van der Waals surface area contributed by atoms with E-state index in [1.54, 1.807) is 0 Å². The van der Waals surface area contributed by atoms with E-state index in [1.165, 1.54) is 0 Å². The molecule has 1 atom stereocenters. The molecule has 0 bridgehead atoms. The molecule has 94 valence electrons. The number of carbonyl (C=O) groups excluding carboxylic acids is 1. The van der Waals surface area contributed by atoms with Crippen LogP contribution in [0.15, 0.2) is 0 Å². The fourth-order valence-electron chi connectivity index (χ4n) is 1.78. The first-order valence-corrected chi connectivity index (χ1v) is 6.22. The van der Waals surface area contributed by atoms with E-state index in [-0.39, 0.29) is 12.1 Å². The van der Waals surface area contributed by atoms with Crippen LogP contribution in [0.5, 0.6) is 0 Å². The van der Waals surface area contributed by atoms with Gasteiger partial charge in [0.1, 0.15) is 0 Å². The summed E-state index contributed by atoms with van der Waals surface area (Å²) in [5.41, 5.74) is 0. The molecule has 0 radical (unpaired) electrons. The first kappa shape index (κ1) is 13.5. The van der Waals surface area contributed by atoms with Gasteiger partial charge in [0.15, 0.2) is 0 Å². The summed E-state index contributed by atoms with van der Waals surface area (Å²) in [6.45, 7) is 7.62. The number of hydrogen-bond acceptors (Lipinski definition) is 4. The third kappa shape index (κ3) is 5.47. The van der Waals surface area contributed by atoms with Crippen LogP contribution in [-0.2, 0) is 14.3 Å². The molecule has 1 aliphatic heterocycles. The van der Waals surface area contributed by atoms with E-state index in [4.69, 9.17) is 9.47 Å². The molecule has 0 spiro atoms. The maximum Gasteiger partial charge on any atom is 0.320 e. The Morgan fingerprint density at radius 2 is 2.38 bits per heavy atom. The first-order chi connectivity index (χ1) is 7.72. The zero-order chi connectivity index (χ0) is 11.8. The van der Waals surface area contributed by atoms with E-state index in [0.717, 1.165) is 39.0 Å². The molecule has 1 unspecified atom stereocenters. The normalized spacial score (nSPS) is 22.8. The van der Waals surface area contributed by atoms with Crippen LogP contribution in [0.25, 0.3) is 0 Å². The monoisotopic (exact) mass is 229 g/mol. The van der Waals surface area contributed by atoms with Gasteiger partial charge in [-0.3, -0.25) is 9.69 Å². The Kier molecular flexibility index (Phi) is 6.42. The van der Waals surface area contributed by atoms with Gasteiger partial charge >= 0.3 is 5.97 Å². The second-order valence-electron chi connectivity index (χ2n) is 4.34. The molecule has 1 rings (SSSR count). The average Bonchev–Trinajstić information content (AvgIpc) is 2.43. The fourth-order valence-corrected chi connectivity index (χ4v) is 1.78. The van der Waals surface area contributed by atoms with Crippen LogP contribution >= 0.6 is 0 Å². The molecule has 1 heterocycles. The molecule has 0 saturated carbocycles. The molecule has 4 heteroatoms. The summed E-state index contributed by atoms with van der Waals surface area (Å²) in [7, 11) is 0. The Hall–Kier alpha value is -0.610. The first-order valence-electron chi connectivity index (χ1n) is 6.22. The van der Waals surface area contributed by atoms with Crippen LogP contribution in [-0.4, -0.2) is 49.8 Å². The van der Waals surface area contributed by atoms with E-state index < -0.39 is 0 Å². The SMILES string of the molecule is CCCCOC(=O)CN1CCCOC(C)C1. The van der Waals surface area contributed by atoms with Crippen LogP contribution in [0.2, 0.25) is 0 Å². The molecule has 1 fully saturated rings. The lowest BCUT2D eigenvalue weighted by Gasteiger charge is -2.20. The van der Waals surface area contributed by atoms with Crippen molar-refractivity contribution < 1.29 is 14.3 Å². The summed E-state index contributed by atoms with van der Waals surface area (Å²) in [5, 5.41) is 0. The van der Waals surface area contributed by atoms with Crippen LogP contribution in [0.1, 0.15) is 33.1 Å². The van der Waals surface area contributed by atoms with Crippen molar-refractivity contribution in [2.24, 2.45) is 0 Å². The molecule has 0 aromatic heterocycles. The predicted molar refractivity (Wildman–Crippen MR) is 62.3 cm³/mol. The van der Waals surface area contributed by atoms with Gasteiger partial charge in [-0.2, -0.15) is 0 Å². The smallest absolute Gasteiger partial charge is 0.320 e. The second-order valence-corrected chi connectivity index (χ2v) is 4.34. The maximum absolute atomic E-state index is 11.5. The predicted octanol–water partition coefficient (Wildman–Crippen LogP) is 1.44. The number of hydrogen-bond donors (Lipinski definition) is 0. The van der Waals surface area contributed by atoms with Gasteiger partial charge < -0.3 is 9.47 Å². The summed E-state index contributed by atoms with van der Waals surface area (Å²) >= 11 is 0. The van der Waals surface area contributed by atoms with Gasteiger partial charge in [-0.1, -0.05) is 13.3 Å². The summed E-state index contributed by atoms with van der Waals surface area (Å²) in [5.74, 6) is -0.109. The highest BCUT2D eigenvalue weighted by atomic mass is 16.5. The van der Waals surface area contributed by atoms with Crippen molar-refractivity contribution in [1.29, 1.82) is 0 Å². The number of ether oxygens (including phenoxy) is 2. The van der Waals surface area contributed by atoms with Crippen molar-refractivity contribution in [3.8, 4) is 0 Å². The van der Waals surface area contributed by atoms with Crippen molar-refractivity contribution >= 4 is 5.97 Å². The molecule has 1 saturated heterocycles. The Labute approximate surface area is 97.9 Å². The number of rotatable bonds is 5. The van der Waals surface area contributed by atoms with E-state index in [0.29, 0.717) is 13.2 Å². The largest absolute Gasteiger partial charge is 0.465 e. The van der Waals surface area contributed by atoms with Gasteiger partial charge in [-0.25, -0.2) is 0 Å². The van der Waals surface area contributed by atoms with Crippen molar-refractivity contribution in [2.75, 3.05) is 32.8 Å². The molecule has 0 aromatic carbocycles. The second kappa shape index (κ2) is 7.63. The minimum absolute atomic E-state index is 0.109. The Morgan fingerprint density at radius 1 is 1.56 bits per heavy atom. The molecular weight excluding hydrogens is 206 g/mol. The Balaban J connectivity index is 2.20. The lowest BCUT2D eigenvalue weighted by atomic mass is 10.3. The molecule has 0 amide bonds. The van der Waals surface area contributed by atoms with Gasteiger partial charge in [0, 0.05) is 19.7 Å². The molecular formula is C12H23NO3. The quantitative estimate of drug-likeness (QED) is 0.528. The molecule has 16 heavy (non-hydrogen) atoms. The lowest BCUT2D eigenvalue weighted by molar-refractivity contribution is -0.145. The van der Waals surface area contributed by atoms with Crippen LogP contribution in [0.4, 0.5) is 0 Å². The zero-order valence-corrected chi connectivity index (χ0v) is 10.4. The summed E-state index contributed by atoms with van der Waals surface area (Å²) in [6.07, 6.45) is 3.21. The van der Waals surface area contributed by atoms with Gasteiger partial charge in [-0.15, -0.1) is 0 Å². The van der Waals surface area contributed by atoms with E-state index in [2.05, 4.69) is 11.8 Å². The fraction of sp³-hybridized carbons (Fsp3) is 0.917. The van der Waals surface area contributed by atoms with Gasteiger partial charge in [0.05, 0.1) is 19.3 Å². The van der Waals surface area contributed by atoms with Crippen LogP contribution in [0.3, 0.4) is 0 Å². The number of nitrogens with zero attached hydrogens (tertiary/aromatic N) is 1. The lowest BCUT2D eigenvalue weighted by Crippen LogP contribution is -2.35. The third-order valence-electron chi connectivity index (χ3n) is 2.65.